The summed E-state index contributed by atoms with van der Waals surface area (Å²) in [5.74, 6) is -0.952. The molecule has 1 atom stereocenters. The van der Waals surface area contributed by atoms with Crippen molar-refractivity contribution in [1.29, 1.82) is 0 Å². The van der Waals surface area contributed by atoms with Crippen molar-refractivity contribution in [1.82, 2.24) is 0 Å². The molecule has 16 heavy (non-hydrogen) atoms. The Hall–Kier alpha value is -1.62. The summed E-state index contributed by atoms with van der Waals surface area (Å²) < 4.78 is 8.78. The van der Waals surface area contributed by atoms with Gasteiger partial charge in [0.05, 0.1) is 6.61 Å². The van der Waals surface area contributed by atoms with Crippen molar-refractivity contribution in [3.8, 4) is 0 Å². The summed E-state index contributed by atoms with van der Waals surface area (Å²) in [6.07, 6.45) is 1.57. The van der Waals surface area contributed by atoms with E-state index >= 15 is 0 Å². The molecule has 0 heterocycles. The smallest absolute Gasteiger partial charge is 0.332 e. The lowest BCUT2D eigenvalue weighted by molar-refractivity contribution is -0.161. The standard InChI is InChI=1S/C6H10O3.C5H8O2/c1-3-5(7)9-6(8)4-2;1-3-5(6)7-4-2/h3,6,8H,1,4H2,2H3;3H,1,4H2,2H3. The fourth-order valence-electron chi connectivity index (χ4n) is 0.467. The first-order valence-electron chi connectivity index (χ1n) is 4.82. The fourth-order valence-corrected chi connectivity index (χ4v) is 0.467. The molecule has 5 nitrogen and oxygen atoms in total. The minimum Gasteiger partial charge on any atom is -0.463 e. The van der Waals surface area contributed by atoms with Crippen LogP contribution in [0.4, 0.5) is 0 Å². The van der Waals surface area contributed by atoms with E-state index in [1.807, 2.05) is 0 Å². The van der Waals surface area contributed by atoms with Gasteiger partial charge in [0, 0.05) is 18.6 Å². The lowest BCUT2D eigenvalue weighted by atomic mass is 10.5. The quantitative estimate of drug-likeness (QED) is 0.436. The SMILES string of the molecule is C=CC(=O)OC(O)CC.C=CC(=O)OCC. The summed E-state index contributed by atoms with van der Waals surface area (Å²) in [5, 5.41) is 8.67. The molecule has 0 amide bonds. The van der Waals surface area contributed by atoms with E-state index in [1.165, 1.54) is 0 Å². The van der Waals surface area contributed by atoms with Crippen LogP contribution in [0.25, 0.3) is 0 Å². The van der Waals surface area contributed by atoms with Crippen molar-refractivity contribution in [2.45, 2.75) is 26.6 Å². The highest BCUT2D eigenvalue weighted by Crippen LogP contribution is 1.92. The number of rotatable bonds is 5. The van der Waals surface area contributed by atoms with E-state index in [2.05, 4.69) is 22.6 Å². The molecular weight excluding hydrogens is 212 g/mol. The minimum absolute atomic E-state index is 0.359. The molecule has 0 aliphatic rings. The second-order valence-corrected chi connectivity index (χ2v) is 2.46. The number of esters is 2. The monoisotopic (exact) mass is 230 g/mol. The topological polar surface area (TPSA) is 72.8 Å². The van der Waals surface area contributed by atoms with E-state index in [9.17, 15) is 9.59 Å². The third-order valence-corrected chi connectivity index (χ3v) is 1.22. The summed E-state index contributed by atoms with van der Waals surface area (Å²) in [4.78, 5) is 20.4. The van der Waals surface area contributed by atoms with Crippen molar-refractivity contribution in [2.24, 2.45) is 0 Å². The van der Waals surface area contributed by atoms with Gasteiger partial charge < -0.3 is 14.6 Å². The molecule has 0 aromatic heterocycles. The van der Waals surface area contributed by atoms with Gasteiger partial charge in [0.25, 0.3) is 0 Å². The van der Waals surface area contributed by atoms with Gasteiger partial charge in [-0.05, 0) is 6.92 Å². The first kappa shape index (κ1) is 16.8. The number of aliphatic hydroxyl groups is 1. The number of ether oxygens (including phenoxy) is 2. The van der Waals surface area contributed by atoms with Crippen molar-refractivity contribution in [2.75, 3.05) is 6.61 Å². The normalized spacial score (nSPS) is 10.2. The third kappa shape index (κ3) is 12.4. The van der Waals surface area contributed by atoms with Crippen LogP contribution in [0.15, 0.2) is 25.3 Å². The molecule has 5 heteroatoms. The predicted molar refractivity (Wildman–Crippen MR) is 59.4 cm³/mol. The van der Waals surface area contributed by atoms with Gasteiger partial charge in [-0.25, -0.2) is 9.59 Å². The van der Waals surface area contributed by atoms with Gasteiger partial charge in [-0.1, -0.05) is 20.1 Å². The first-order chi connectivity index (χ1) is 7.51. The molecule has 0 aromatic rings. The molecule has 0 spiro atoms. The average molecular weight is 230 g/mol. The van der Waals surface area contributed by atoms with Crippen LogP contribution in [-0.4, -0.2) is 29.9 Å². The van der Waals surface area contributed by atoms with Crippen LogP contribution in [0.1, 0.15) is 20.3 Å². The molecule has 92 valence electrons. The van der Waals surface area contributed by atoms with Gasteiger partial charge in [-0.3, -0.25) is 0 Å². The number of hydrogen-bond acceptors (Lipinski definition) is 5. The fraction of sp³-hybridized carbons (Fsp3) is 0.455. The molecule has 0 aliphatic carbocycles. The molecule has 1 N–H and O–H groups in total. The Labute approximate surface area is 95.4 Å². The zero-order valence-corrected chi connectivity index (χ0v) is 9.64. The van der Waals surface area contributed by atoms with Gasteiger partial charge in [-0.2, -0.15) is 0 Å². The molecule has 0 aliphatic heterocycles. The number of hydrogen-bond donors (Lipinski definition) is 1. The summed E-state index contributed by atoms with van der Waals surface area (Å²) in [6, 6.07) is 0. The Balaban J connectivity index is 0. The van der Waals surface area contributed by atoms with Crippen molar-refractivity contribution >= 4 is 11.9 Å². The third-order valence-electron chi connectivity index (χ3n) is 1.22. The lowest BCUT2D eigenvalue weighted by Crippen LogP contribution is -2.14. The van der Waals surface area contributed by atoms with Gasteiger partial charge in [0.15, 0.2) is 0 Å². The summed E-state index contributed by atoms with van der Waals surface area (Å²) in [6.45, 7) is 10.2. The number of aliphatic hydroxyl groups excluding tert-OH is 1. The maximum Gasteiger partial charge on any atom is 0.332 e. The van der Waals surface area contributed by atoms with Crippen LogP contribution in [0.3, 0.4) is 0 Å². The Kier molecular flexibility index (Phi) is 12.0. The molecule has 0 saturated heterocycles. The van der Waals surface area contributed by atoms with Gasteiger partial charge in [0.1, 0.15) is 0 Å². The lowest BCUT2D eigenvalue weighted by Gasteiger charge is -2.05. The van der Waals surface area contributed by atoms with Gasteiger partial charge in [-0.15, -0.1) is 0 Å². The Bertz CT molecular complexity index is 235. The van der Waals surface area contributed by atoms with Gasteiger partial charge in [0.2, 0.25) is 6.29 Å². The van der Waals surface area contributed by atoms with Crippen LogP contribution in [0.2, 0.25) is 0 Å². The maximum absolute atomic E-state index is 10.3. The van der Waals surface area contributed by atoms with E-state index in [0.29, 0.717) is 13.0 Å². The molecular formula is C11H18O5. The highest BCUT2D eigenvalue weighted by atomic mass is 16.6. The number of carbonyl (C=O) groups excluding carboxylic acids is 2. The minimum atomic E-state index is -0.990. The summed E-state index contributed by atoms with van der Waals surface area (Å²) >= 11 is 0. The number of carbonyl (C=O) groups is 2. The van der Waals surface area contributed by atoms with Crippen LogP contribution in [0.5, 0.6) is 0 Å². The maximum atomic E-state index is 10.3. The molecule has 0 aromatic carbocycles. The highest BCUT2D eigenvalue weighted by molar-refractivity contribution is 5.81. The Morgan fingerprint density at radius 2 is 1.75 bits per heavy atom. The Morgan fingerprint density at radius 1 is 1.25 bits per heavy atom. The van der Waals surface area contributed by atoms with Crippen molar-refractivity contribution < 1.29 is 24.2 Å². The van der Waals surface area contributed by atoms with Crippen LogP contribution >= 0.6 is 0 Å². The van der Waals surface area contributed by atoms with E-state index in [-0.39, 0.29) is 5.97 Å². The van der Waals surface area contributed by atoms with E-state index in [1.54, 1.807) is 13.8 Å². The summed E-state index contributed by atoms with van der Waals surface area (Å²) in [7, 11) is 0. The second kappa shape index (κ2) is 11.5. The van der Waals surface area contributed by atoms with Crippen molar-refractivity contribution in [3.05, 3.63) is 25.3 Å². The molecule has 0 bridgehead atoms. The molecule has 0 fully saturated rings. The molecule has 0 radical (unpaired) electrons. The van der Waals surface area contributed by atoms with E-state index in [0.717, 1.165) is 12.2 Å². The van der Waals surface area contributed by atoms with Crippen LogP contribution in [0, 0.1) is 0 Å². The van der Waals surface area contributed by atoms with Crippen LogP contribution < -0.4 is 0 Å². The first-order valence-corrected chi connectivity index (χ1v) is 4.82. The van der Waals surface area contributed by atoms with Crippen molar-refractivity contribution in [3.63, 3.8) is 0 Å². The largest absolute Gasteiger partial charge is 0.463 e. The molecule has 0 rings (SSSR count). The summed E-state index contributed by atoms with van der Waals surface area (Å²) in [5.41, 5.74) is 0. The molecule has 0 saturated carbocycles. The highest BCUT2D eigenvalue weighted by Gasteiger charge is 2.02. The average Bonchev–Trinajstić information content (AvgIpc) is 2.29. The molecule has 1 unspecified atom stereocenters. The predicted octanol–water partition coefficient (Wildman–Crippen LogP) is 1.18. The Morgan fingerprint density at radius 3 is 2.00 bits per heavy atom. The zero-order valence-electron chi connectivity index (χ0n) is 9.64. The van der Waals surface area contributed by atoms with E-state index in [4.69, 9.17) is 5.11 Å². The zero-order chi connectivity index (χ0) is 13.0. The van der Waals surface area contributed by atoms with Gasteiger partial charge >= 0.3 is 11.9 Å². The van der Waals surface area contributed by atoms with Crippen LogP contribution in [-0.2, 0) is 19.1 Å². The van der Waals surface area contributed by atoms with E-state index < -0.39 is 12.3 Å². The second-order valence-electron chi connectivity index (χ2n) is 2.46.